The standard InChI is InChI=1S/C14H22N2O3S/c1-10(2)11(3)15-14(19-8-7-18-4)16-13(17)12-6-5-9-20-12/h5-6,9-11H,7-8H2,1-4H3,(H,15,16,17)/t11-/m1/s1. The summed E-state index contributed by atoms with van der Waals surface area (Å²) >= 11 is 1.38. The predicted octanol–water partition coefficient (Wildman–Crippen LogP) is 2.54. The summed E-state index contributed by atoms with van der Waals surface area (Å²) in [6.07, 6.45) is 0. The van der Waals surface area contributed by atoms with Gasteiger partial charge in [0.15, 0.2) is 0 Å². The Morgan fingerprint density at radius 3 is 2.70 bits per heavy atom. The van der Waals surface area contributed by atoms with E-state index in [9.17, 15) is 4.79 Å². The summed E-state index contributed by atoms with van der Waals surface area (Å²) in [5.74, 6) is 0.168. The van der Waals surface area contributed by atoms with Gasteiger partial charge in [-0.1, -0.05) is 19.9 Å². The lowest BCUT2D eigenvalue weighted by Crippen LogP contribution is -2.34. The summed E-state index contributed by atoms with van der Waals surface area (Å²) in [6, 6.07) is 3.91. The molecule has 0 fully saturated rings. The number of aliphatic imine (C=N–C) groups is 1. The number of carbonyl (C=O) groups excluding carboxylic acids is 1. The molecule has 5 nitrogen and oxygen atoms in total. The first-order chi connectivity index (χ1) is 9.54. The van der Waals surface area contributed by atoms with Crippen molar-refractivity contribution in [3.63, 3.8) is 0 Å². The Kier molecular flexibility index (Phi) is 7.25. The van der Waals surface area contributed by atoms with E-state index in [-0.39, 0.29) is 18.0 Å². The molecule has 1 aromatic heterocycles. The molecule has 0 aliphatic carbocycles. The second-order valence-corrected chi connectivity index (χ2v) is 5.64. The van der Waals surface area contributed by atoms with Crippen molar-refractivity contribution in [1.82, 2.24) is 5.32 Å². The Labute approximate surface area is 124 Å². The van der Waals surface area contributed by atoms with E-state index in [2.05, 4.69) is 24.2 Å². The number of hydrogen-bond acceptors (Lipinski definition) is 5. The highest BCUT2D eigenvalue weighted by Crippen LogP contribution is 2.09. The van der Waals surface area contributed by atoms with Crippen molar-refractivity contribution in [2.75, 3.05) is 20.3 Å². The van der Waals surface area contributed by atoms with E-state index in [1.54, 1.807) is 13.2 Å². The molecule has 1 rings (SSSR count). The zero-order valence-corrected chi connectivity index (χ0v) is 13.2. The van der Waals surface area contributed by atoms with E-state index in [0.717, 1.165) is 0 Å². The SMILES string of the molecule is COCCOC(=N[C@H](C)C(C)C)NC(=O)c1cccs1. The third-order valence-corrected chi connectivity index (χ3v) is 3.65. The lowest BCUT2D eigenvalue weighted by molar-refractivity contribution is 0.0957. The van der Waals surface area contributed by atoms with Crippen LogP contribution in [0.3, 0.4) is 0 Å². The van der Waals surface area contributed by atoms with Gasteiger partial charge < -0.3 is 9.47 Å². The topological polar surface area (TPSA) is 59.9 Å². The lowest BCUT2D eigenvalue weighted by atomic mass is 10.1. The second-order valence-electron chi connectivity index (χ2n) is 4.69. The highest BCUT2D eigenvalue weighted by Gasteiger charge is 2.13. The van der Waals surface area contributed by atoms with Crippen LogP contribution in [0.15, 0.2) is 22.5 Å². The third kappa shape index (κ3) is 5.71. The third-order valence-electron chi connectivity index (χ3n) is 2.78. The maximum atomic E-state index is 12.0. The van der Waals surface area contributed by atoms with Gasteiger partial charge in [0.25, 0.3) is 11.9 Å². The van der Waals surface area contributed by atoms with Crippen molar-refractivity contribution >= 4 is 23.3 Å². The minimum absolute atomic E-state index is 0.0659. The van der Waals surface area contributed by atoms with Crippen molar-refractivity contribution in [1.29, 1.82) is 0 Å². The number of nitrogens with zero attached hydrogens (tertiary/aromatic N) is 1. The zero-order chi connectivity index (χ0) is 15.0. The number of hydrogen-bond donors (Lipinski definition) is 1. The summed E-state index contributed by atoms with van der Waals surface area (Å²) < 4.78 is 10.4. The summed E-state index contributed by atoms with van der Waals surface area (Å²) in [6.45, 7) is 6.93. The maximum Gasteiger partial charge on any atom is 0.292 e. The first-order valence-corrected chi connectivity index (χ1v) is 7.47. The number of thiophene rings is 1. The van der Waals surface area contributed by atoms with Crippen LogP contribution < -0.4 is 5.32 Å². The Balaban J connectivity index is 2.69. The van der Waals surface area contributed by atoms with Crippen LogP contribution in [-0.4, -0.2) is 38.3 Å². The molecule has 1 N–H and O–H groups in total. The first kappa shape index (κ1) is 16.7. The van der Waals surface area contributed by atoms with Crippen molar-refractivity contribution in [3.8, 4) is 0 Å². The van der Waals surface area contributed by atoms with E-state index in [0.29, 0.717) is 24.0 Å². The van der Waals surface area contributed by atoms with Crippen LogP contribution >= 0.6 is 11.3 Å². The molecule has 0 spiro atoms. The highest BCUT2D eigenvalue weighted by atomic mass is 32.1. The average Bonchev–Trinajstić information content (AvgIpc) is 2.92. The van der Waals surface area contributed by atoms with E-state index >= 15 is 0 Å². The van der Waals surface area contributed by atoms with Crippen molar-refractivity contribution in [3.05, 3.63) is 22.4 Å². The molecule has 0 aliphatic rings. The molecule has 0 bridgehead atoms. The normalized spacial score (nSPS) is 13.3. The van der Waals surface area contributed by atoms with E-state index in [1.165, 1.54) is 11.3 Å². The monoisotopic (exact) mass is 298 g/mol. The van der Waals surface area contributed by atoms with Crippen LogP contribution in [0.25, 0.3) is 0 Å². The quantitative estimate of drug-likeness (QED) is 0.499. The molecule has 6 heteroatoms. The van der Waals surface area contributed by atoms with Gasteiger partial charge in [0.2, 0.25) is 0 Å². The van der Waals surface area contributed by atoms with E-state index in [1.807, 2.05) is 18.4 Å². The van der Waals surface area contributed by atoms with Gasteiger partial charge in [-0.05, 0) is 24.3 Å². The molecule has 0 saturated carbocycles. The van der Waals surface area contributed by atoms with Crippen LogP contribution in [-0.2, 0) is 9.47 Å². The van der Waals surface area contributed by atoms with Gasteiger partial charge in [0.05, 0.1) is 17.5 Å². The molecular formula is C14H22N2O3S. The van der Waals surface area contributed by atoms with Gasteiger partial charge in [-0.2, -0.15) is 0 Å². The minimum Gasteiger partial charge on any atom is -0.463 e. The molecule has 1 amide bonds. The Morgan fingerprint density at radius 1 is 1.40 bits per heavy atom. The number of nitrogens with one attached hydrogen (secondary N) is 1. The fourth-order valence-corrected chi connectivity index (χ4v) is 1.85. The van der Waals surface area contributed by atoms with Crippen molar-refractivity contribution < 1.29 is 14.3 Å². The zero-order valence-electron chi connectivity index (χ0n) is 12.4. The second kappa shape index (κ2) is 8.71. The van der Waals surface area contributed by atoms with E-state index < -0.39 is 0 Å². The van der Waals surface area contributed by atoms with E-state index in [4.69, 9.17) is 9.47 Å². The van der Waals surface area contributed by atoms with Gasteiger partial charge in [0, 0.05) is 7.11 Å². The minimum atomic E-state index is -0.202. The predicted molar refractivity (Wildman–Crippen MR) is 81.3 cm³/mol. The molecule has 1 aromatic rings. The average molecular weight is 298 g/mol. The van der Waals surface area contributed by atoms with Crippen molar-refractivity contribution in [2.45, 2.75) is 26.8 Å². The summed E-state index contributed by atoms with van der Waals surface area (Å²) in [5, 5.41) is 4.56. The Bertz CT molecular complexity index is 430. The summed E-state index contributed by atoms with van der Waals surface area (Å²) in [7, 11) is 1.60. The molecule has 0 saturated heterocycles. The molecule has 0 radical (unpaired) electrons. The van der Waals surface area contributed by atoms with Crippen LogP contribution in [0.5, 0.6) is 0 Å². The molecule has 0 aromatic carbocycles. The van der Waals surface area contributed by atoms with Crippen LogP contribution in [0, 0.1) is 5.92 Å². The van der Waals surface area contributed by atoms with Crippen molar-refractivity contribution in [2.24, 2.45) is 10.9 Å². The number of amides is 1. The molecule has 0 aliphatic heterocycles. The number of ether oxygens (including phenoxy) is 2. The molecular weight excluding hydrogens is 276 g/mol. The first-order valence-electron chi connectivity index (χ1n) is 6.59. The number of rotatable bonds is 6. The van der Waals surface area contributed by atoms with Gasteiger partial charge in [-0.3, -0.25) is 10.1 Å². The van der Waals surface area contributed by atoms with Gasteiger partial charge >= 0.3 is 0 Å². The smallest absolute Gasteiger partial charge is 0.292 e. The summed E-state index contributed by atoms with van der Waals surface area (Å²) in [5.41, 5.74) is 0. The highest BCUT2D eigenvalue weighted by molar-refractivity contribution is 7.12. The fraction of sp³-hybridized carbons (Fsp3) is 0.571. The van der Waals surface area contributed by atoms with Gasteiger partial charge in [-0.15, -0.1) is 11.3 Å². The number of carbonyl (C=O) groups is 1. The Hall–Kier alpha value is -1.40. The number of amidine groups is 1. The fourth-order valence-electron chi connectivity index (χ4n) is 1.23. The van der Waals surface area contributed by atoms with Gasteiger partial charge in [0.1, 0.15) is 6.61 Å². The summed E-state index contributed by atoms with van der Waals surface area (Å²) in [4.78, 5) is 17.0. The molecule has 1 atom stereocenters. The molecule has 20 heavy (non-hydrogen) atoms. The van der Waals surface area contributed by atoms with Crippen LogP contribution in [0.2, 0.25) is 0 Å². The molecule has 1 heterocycles. The largest absolute Gasteiger partial charge is 0.463 e. The Morgan fingerprint density at radius 2 is 2.15 bits per heavy atom. The number of methoxy groups -OCH3 is 1. The van der Waals surface area contributed by atoms with Crippen LogP contribution in [0.4, 0.5) is 0 Å². The molecule has 0 unspecified atom stereocenters. The van der Waals surface area contributed by atoms with Crippen LogP contribution in [0.1, 0.15) is 30.4 Å². The molecule has 112 valence electrons. The lowest BCUT2D eigenvalue weighted by Gasteiger charge is -2.15. The van der Waals surface area contributed by atoms with Gasteiger partial charge in [-0.25, -0.2) is 4.99 Å². The maximum absolute atomic E-state index is 12.0.